The highest BCUT2D eigenvalue weighted by Gasteiger charge is 2.26. The number of amides is 2. The Morgan fingerprint density at radius 2 is 1.65 bits per heavy atom. The van der Waals surface area contributed by atoms with Gasteiger partial charge < -0.3 is 10.2 Å². The monoisotopic (exact) mass is 424 g/mol. The lowest BCUT2D eigenvalue weighted by molar-refractivity contribution is -0.133. The van der Waals surface area contributed by atoms with E-state index in [1.807, 2.05) is 35.2 Å². The summed E-state index contributed by atoms with van der Waals surface area (Å²) in [6.07, 6.45) is 8.73. The van der Waals surface area contributed by atoms with Gasteiger partial charge in [-0.05, 0) is 43.7 Å². The molecule has 166 valence electrons. The van der Waals surface area contributed by atoms with Crippen molar-refractivity contribution in [2.24, 2.45) is 0 Å². The molecule has 2 amide bonds. The van der Waals surface area contributed by atoms with Gasteiger partial charge in [0.15, 0.2) is 0 Å². The molecule has 1 saturated heterocycles. The zero-order valence-corrected chi connectivity index (χ0v) is 18.1. The van der Waals surface area contributed by atoms with Crippen molar-refractivity contribution in [3.63, 3.8) is 0 Å². The van der Waals surface area contributed by atoms with Gasteiger partial charge in [0.1, 0.15) is 0 Å². The highest BCUT2D eigenvalue weighted by molar-refractivity contribution is 5.83. The maximum atomic E-state index is 12.4. The third-order valence-corrected chi connectivity index (χ3v) is 6.37. The van der Waals surface area contributed by atoms with Gasteiger partial charge in [-0.15, -0.1) is 10.2 Å². The Kier molecular flexibility index (Phi) is 7.27. The molecule has 31 heavy (non-hydrogen) atoms. The first kappa shape index (κ1) is 21.5. The van der Waals surface area contributed by atoms with Gasteiger partial charge in [-0.3, -0.25) is 9.59 Å². The van der Waals surface area contributed by atoms with E-state index in [0.717, 1.165) is 57.2 Å². The minimum atomic E-state index is -0.0168. The first-order chi connectivity index (χ1) is 15.2. The minimum Gasteiger partial charge on any atom is -0.353 e. The molecule has 1 saturated carbocycles. The topological polar surface area (TPSA) is 93.0 Å². The van der Waals surface area contributed by atoms with Crippen LogP contribution in [0.25, 0.3) is 11.4 Å². The number of tetrazole rings is 1. The predicted molar refractivity (Wildman–Crippen MR) is 117 cm³/mol. The minimum absolute atomic E-state index is 0.0168. The van der Waals surface area contributed by atoms with Gasteiger partial charge in [-0.25, -0.2) is 0 Å². The van der Waals surface area contributed by atoms with Crippen molar-refractivity contribution < 1.29 is 9.59 Å². The average molecular weight is 425 g/mol. The van der Waals surface area contributed by atoms with Crippen LogP contribution < -0.4 is 5.32 Å². The molecule has 0 radical (unpaired) electrons. The Hall–Kier alpha value is -2.77. The second kappa shape index (κ2) is 10.5. The molecule has 2 aromatic rings. The number of hydrogen-bond donors (Lipinski definition) is 1. The Labute approximate surface area is 183 Å². The van der Waals surface area contributed by atoms with Crippen molar-refractivity contribution in [3.8, 4) is 11.4 Å². The summed E-state index contributed by atoms with van der Waals surface area (Å²) in [6, 6.07) is 10.2. The van der Waals surface area contributed by atoms with Crippen molar-refractivity contribution in [1.82, 2.24) is 30.4 Å². The molecule has 2 aliphatic rings. The number of carbonyl (C=O) groups is 2. The quantitative estimate of drug-likeness (QED) is 0.769. The van der Waals surface area contributed by atoms with Crippen molar-refractivity contribution in [2.45, 2.75) is 76.3 Å². The lowest BCUT2D eigenvalue weighted by Crippen LogP contribution is -2.39. The first-order valence-corrected chi connectivity index (χ1v) is 11.6. The lowest BCUT2D eigenvalue weighted by atomic mass is 9.91. The van der Waals surface area contributed by atoms with Gasteiger partial charge >= 0.3 is 0 Å². The van der Waals surface area contributed by atoms with E-state index < -0.39 is 0 Å². The fourth-order valence-electron chi connectivity index (χ4n) is 4.53. The highest BCUT2D eigenvalue weighted by Crippen LogP contribution is 2.28. The number of hydrogen-bond acceptors (Lipinski definition) is 5. The Balaban J connectivity index is 1.19. The van der Waals surface area contributed by atoms with Gasteiger partial charge in [0.25, 0.3) is 0 Å². The van der Waals surface area contributed by atoms with Crippen LogP contribution in [0.1, 0.15) is 70.3 Å². The maximum absolute atomic E-state index is 12.4. The SMILES string of the molecule is O=C(CCC(=O)N1CCCCCC1)NC1CCC(n2nnc(-c3ccccc3)n2)CC1. The molecule has 1 aliphatic carbocycles. The summed E-state index contributed by atoms with van der Waals surface area (Å²) < 4.78 is 0. The summed E-state index contributed by atoms with van der Waals surface area (Å²) >= 11 is 0. The van der Waals surface area contributed by atoms with Gasteiger partial charge in [-0.2, -0.15) is 4.80 Å². The lowest BCUT2D eigenvalue weighted by Gasteiger charge is -2.28. The number of likely N-dealkylation sites (tertiary alicyclic amines) is 1. The van der Waals surface area contributed by atoms with E-state index in [2.05, 4.69) is 20.7 Å². The predicted octanol–water partition coefficient (Wildman–Crippen LogP) is 3.12. The first-order valence-electron chi connectivity index (χ1n) is 11.6. The second-order valence-electron chi connectivity index (χ2n) is 8.67. The van der Waals surface area contributed by atoms with Crippen LogP contribution in [0, 0.1) is 0 Å². The van der Waals surface area contributed by atoms with Crippen LogP contribution in [-0.4, -0.2) is 56.1 Å². The summed E-state index contributed by atoms with van der Waals surface area (Å²) in [5.74, 6) is 0.745. The average Bonchev–Trinajstić information content (AvgIpc) is 3.14. The molecule has 2 fully saturated rings. The Morgan fingerprint density at radius 3 is 2.35 bits per heavy atom. The van der Waals surface area contributed by atoms with Gasteiger partial charge in [0.05, 0.1) is 6.04 Å². The standard InChI is InChI=1S/C23H32N6O2/c30-21(14-15-22(31)28-16-6-1-2-7-17-28)24-19-10-12-20(13-11-19)29-26-23(25-27-29)18-8-4-3-5-9-18/h3-5,8-9,19-20H,1-2,6-7,10-17H2,(H,24,30). The van der Waals surface area contributed by atoms with Crippen molar-refractivity contribution in [1.29, 1.82) is 0 Å². The third kappa shape index (κ3) is 5.89. The van der Waals surface area contributed by atoms with E-state index in [0.29, 0.717) is 12.2 Å². The molecule has 4 rings (SSSR count). The molecule has 1 N–H and O–H groups in total. The molecule has 0 atom stereocenters. The molecular weight excluding hydrogens is 392 g/mol. The third-order valence-electron chi connectivity index (χ3n) is 6.37. The summed E-state index contributed by atoms with van der Waals surface area (Å²) in [4.78, 5) is 28.4. The van der Waals surface area contributed by atoms with Crippen LogP contribution in [0.5, 0.6) is 0 Å². The van der Waals surface area contributed by atoms with Crippen molar-refractivity contribution in [3.05, 3.63) is 30.3 Å². The van der Waals surface area contributed by atoms with E-state index in [-0.39, 0.29) is 30.3 Å². The molecule has 8 heteroatoms. The summed E-state index contributed by atoms with van der Waals surface area (Å²) in [5.41, 5.74) is 0.962. The molecule has 0 unspecified atom stereocenters. The Bertz CT molecular complexity index is 852. The normalized spacial score (nSPS) is 22.0. The molecule has 0 spiro atoms. The van der Waals surface area contributed by atoms with E-state index in [4.69, 9.17) is 0 Å². The fraction of sp³-hybridized carbons (Fsp3) is 0.609. The smallest absolute Gasteiger partial charge is 0.223 e. The van der Waals surface area contributed by atoms with Crippen LogP contribution in [0.4, 0.5) is 0 Å². The molecule has 1 aliphatic heterocycles. The number of nitrogens with zero attached hydrogens (tertiary/aromatic N) is 5. The molecule has 1 aromatic heterocycles. The van der Waals surface area contributed by atoms with Crippen LogP contribution >= 0.6 is 0 Å². The summed E-state index contributed by atoms with van der Waals surface area (Å²) in [7, 11) is 0. The van der Waals surface area contributed by atoms with Gasteiger partial charge in [0, 0.05) is 37.5 Å². The van der Waals surface area contributed by atoms with Crippen LogP contribution in [0.3, 0.4) is 0 Å². The number of aromatic nitrogens is 4. The fourth-order valence-corrected chi connectivity index (χ4v) is 4.53. The highest BCUT2D eigenvalue weighted by atomic mass is 16.2. The van der Waals surface area contributed by atoms with Crippen molar-refractivity contribution in [2.75, 3.05) is 13.1 Å². The van der Waals surface area contributed by atoms with Crippen molar-refractivity contribution >= 4 is 11.8 Å². The van der Waals surface area contributed by atoms with Crippen LogP contribution in [0.15, 0.2) is 30.3 Å². The Morgan fingerprint density at radius 1 is 0.935 bits per heavy atom. The maximum Gasteiger partial charge on any atom is 0.223 e. The van der Waals surface area contributed by atoms with E-state index in [9.17, 15) is 9.59 Å². The number of benzene rings is 1. The van der Waals surface area contributed by atoms with Crippen LogP contribution in [0.2, 0.25) is 0 Å². The zero-order chi connectivity index (χ0) is 21.5. The van der Waals surface area contributed by atoms with E-state index in [1.165, 1.54) is 12.8 Å². The molecule has 1 aromatic carbocycles. The summed E-state index contributed by atoms with van der Waals surface area (Å²) in [6.45, 7) is 1.68. The van der Waals surface area contributed by atoms with E-state index >= 15 is 0 Å². The molecule has 0 bridgehead atoms. The van der Waals surface area contributed by atoms with Gasteiger partial charge in [0.2, 0.25) is 17.6 Å². The molecule has 2 heterocycles. The molecule has 8 nitrogen and oxygen atoms in total. The van der Waals surface area contributed by atoms with Crippen LogP contribution in [-0.2, 0) is 9.59 Å². The van der Waals surface area contributed by atoms with E-state index in [1.54, 1.807) is 4.80 Å². The largest absolute Gasteiger partial charge is 0.353 e. The second-order valence-corrected chi connectivity index (χ2v) is 8.67. The van der Waals surface area contributed by atoms with Gasteiger partial charge in [-0.1, -0.05) is 43.2 Å². The number of carbonyl (C=O) groups excluding carboxylic acids is 2. The number of rotatable bonds is 6. The zero-order valence-electron chi connectivity index (χ0n) is 18.1. The number of nitrogens with one attached hydrogen (secondary N) is 1. The summed E-state index contributed by atoms with van der Waals surface area (Å²) in [5, 5.41) is 16.1. The molecular formula is C23H32N6O2.